The zero-order chi connectivity index (χ0) is 5.86. The molecule has 0 rings (SSSR count). The molecule has 0 atom stereocenters. The Balaban J connectivity index is 0. The van der Waals surface area contributed by atoms with Crippen molar-refractivity contribution in [2.24, 2.45) is 5.92 Å². The second-order valence-corrected chi connectivity index (χ2v) is 1.99. The second kappa shape index (κ2) is 5.15. The summed E-state index contributed by atoms with van der Waals surface area (Å²) in [5.41, 5.74) is 0. The summed E-state index contributed by atoms with van der Waals surface area (Å²) in [5, 5.41) is 8.08. The lowest BCUT2D eigenvalue weighted by Gasteiger charge is -1.94. The van der Waals surface area contributed by atoms with Crippen molar-refractivity contribution in [3.63, 3.8) is 0 Å². The maximum absolute atomic E-state index is 9.81. The Bertz CT molecular complexity index is 70.8. The SMILES string of the molecule is CC(C)CC(=O)O.[AlH3]. The quantitative estimate of drug-likeness (QED) is 0.534. The molecule has 0 amide bonds. The predicted octanol–water partition coefficient (Wildman–Crippen LogP) is -0.0668. The Morgan fingerprint density at radius 2 is 2.00 bits per heavy atom. The van der Waals surface area contributed by atoms with E-state index < -0.39 is 5.97 Å². The summed E-state index contributed by atoms with van der Waals surface area (Å²) in [6, 6.07) is 0. The van der Waals surface area contributed by atoms with Gasteiger partial charge in [0, 0.05) is 6.42 Å². The molecule has 0 aromatic rings. The first kappa shape index (κ1) is 10.9. The Hall–Kier alpha value is 0.00247. The zero-order valence-electron chi connectivity index (χ0n) is 4.64. The van der Waals surface area contributed by atoms with Crippen LogP contribution >= 0.6 is 0 Å². The summed E-state index contributed by atoms with van der Waals surface area (Å²) in [7, 11) is 0. The van der Waals surface area contributed by atoms with Gasteiger partial charge in [-0.15, -0.1) is 0 Å². The van der Waals surface area contributed by atoms with Gasteiger partial charge in [0.2, 0.25) is 0 Å². The van der Waals surface area contributed by atoms with Gasteiger partial charge in [-0.05, 0) is 5.92 Å². The van der Waals surface area contributed by atoms with E-state index in [4.69, 9.17) is 5.11 Å². The molecule has 0 unspecified atom stereocenters. The summed E-state index contributed by atoms with van der Waals surface area (Å²) < 4.78 is 0. The monoisotopic (exact) mass is 132 g/mol. The highest BCUT2D eigenvalue weighted by Gasteiger charge is 1.98. The van der Waals surface area contributed by atoms with Crippen LogP contribution < -0.4 is 0 Å². The molecule has 0 saturated carbocycles. The molecule has 8 heavy (non-hydrogen) atoms. The number of carbonyl (C=O) groups is 1. The van der Waals surface area contributed by atoms with Crippen LogP contribution in [0.15, 0.2) is 0 Å². The fourth-order valence-electron chi connectivity index (χ4n) is 0.349. The van der Waals surface area contributed by atoms with E-state index in [2.05, 4.69) is 0 Å². The molecule has 0 saturated heterocycles. The van der Waals surface area contributed by atoms with Crippen LogP contribution in [0.5, 0.6) is 0 Å². The van der Waals surface area contributed by atoms with Crippen molar-refractivity contribution in [1.82, 2.24) is 0 Å². The van der Waals surface area contributed by atoms with Gasteiger partial charge in [0.25, 0.3) is 0 Å². The third-order valence-electron chi connectivity index (χ3n) is 0.583. The van der Waals surface area contributed by atoms with E-state index in [0.29, 0.717) is 0 Å². The van der Waals surface area contributed by atoms with Crippen molar-refractivity contribution in [2.45, 2.75) is 20.3 Å². The van der Waals surface area contributed by atoms with Crippen molar-refractivity contribution in [3.8, 4) is 0 Å². The van der Waals surface area contributed by atoms with Crippen LogP contribution in [0.4, 0.5) is 0 Å². The number of carboxylic acid groups (broad SMARTS) is 1. The van der Waals surface area contributed by atoms with Gasteiger partial charge in [0.1, 0.15) is 0 Å². The molecular formula is C5H13AlO2. The number of hydrogen-bond donors (Lipinski definition) is 1. The summed E-state index contributed by atoms with van der Waals surface area (Å²) in [6.07, 6.45) is 0.278. The van der Waals surface area contributed by atoms with Crippen LogP contribution in [0.3, 0.4) is 0 Å². The lowest BCUT2D eigenvalue weighted by Crippen LogP contribution is -1.99. The van der Waals surface area contributed by atoms with Gasteiger partial charge < -0.3 is 5.11 Å². The minimum atomic E-state index is -0.713. The maximum atomic E-state index is 9.81. The molecule has 48 valence electrons. The highest BCUT2D eigenvalue weighted by Crippen LogP contribution is 1.96. The van der Waals surface area contributed by atoms with E-state index >= 15 is 0 Å². The van der Waals surface area contributed by atoms with Crippen LogP contribution in [-0.2, 0) is 4.79 Å². The average Bonchev–Trinajstić information content (AvgIpc) is 1.27. The summed E-state index contributed by atoms with van der Waals surface area (Å²) in [6.45, 7) is 3.77. The Morgan fingerprint density at radius 3 is 2.00 bits per heavy atom. The highest BCUT2D eigenvalue weighted by molar-refractivity contribution is 5.75. The van der Waals surface area contributed by atoms with Gasteiger partial charge >= 0.3 is 5.97 Å². The van der Waals surface area contributed by atoms with Gasteiger partial charge in [-0.2, -0.15) is 0 Å². The first-order chi connectivity index (χ1) is 3.13. The standard InChI is InChI=1S/C5H10O2.Al.3H/c1-4(2)3-5(6)7;;;;/h4H,3H2,1-2H3,(H,6,7);;;;. The largest absolute Gasteiger partial charge is 0.481 e. The Morgan fingerprint density at radius 1 is 1.62 bits per heavy atom. The van der Waals surface area contributed by atoms with Gasteiger partial charge in [-0.3, -0.25) is 4.79 Å². The van der Waals surface area contributed by atoms with Crippen molar-refractivity contribution >= 4 is 23.3 Å². The molecule has 0 aromatic heterocycles. The normalized spacial score (nSPS) is 8.38. The third kappa shape index (κ3) is 9.38. The number of aliphatic carboxylic acids is 1. The van der Waals surface area contributed by atoms with Crippen molar-refractivity contribution in [1.29, 1.82) is 0 Å². The van der Waals surface area contributed by atoms with E-state index in [1.807, 2.05) is 13.8 Å². The molecule has 0 aliphatic rings. The number of carboxylic acids is 1. The lowest BCUT2D eigenvalue weighted by molar-refractivity contribution is -0.137. The molecule has 2 nitrogen and oxygen atoms in total. The van der Waals surface area contributed by atoms with Crippen LogP contribution in [0, 0.1) is 5.92 Å². The Labute approximate surface area is 60.0 Å². The maximum Gasteiger partial charge on any atom is 0.303 e. The molecule has 0 radical (unpaired) electrons. The van der Waals surface area contributed by atoms with Gasteiger partial charge in [0.05, 0.1) is 0 Å². The van der Waals surface area contributed by atoms with E-state index in [1.165, 1.54) is 0 Å². The van der Waals surface area contributed by atoms with Crippen LogP contribution in [-0.4, -0.2) is 28.4 Å². The number of hydrogen-bond acceptors (Lipinski definition) is 1. The van der Waals surface area contributed by atoms with Gasteiger partial charge in [-0.1, -0.05) is 13.8 Å². The fraction of sp³-hybridized carbons (Fsp3) is 0.800. The minimum Gasteiger partial charge on any atom is -0.481 e. The van der Waals surface area contributed by atoms with E-state index in [-0.39, 0.29) is 29.7 Å². The van der Waals surface area contributed by atoms with Crippen molar-refractivity contribution < 1.29 is 9.90 Å². The van der Waals surface area contributed by atoms with Crippen molar-refractivity contribution in [3.05, 3.63) is 0 Å². The first-order valence-electron chi connectivity index (χ1n) is 2.34. The van der Waals surface area contributed by atoms with E-state index in [1.54, 1.807) is 0 Å². The van der Waals surface area contributed by atoms with Crippen LogP contribution in [0.1, 0.15) is 20.3 Å². The smallest absolute Gasteiger partial charge is 0.303 e. The van der Waals surface area contributed by atoms with Crippen LogP contribution in [0.25, 0.3) is 0 Å². The third-order valence-corrected chi connectivity index (χ3v) is 0.583. The summed E-state index contributed by atoms with van der Waals surface area (Å²) >= 11 is 0. The molecule has 0 aliphatic carbocycles. The molecule has 0 aromatic carbocycles. The average molecular weight is 132 g/mol. The van der Waals surface area contributed by atoms with Gasteiger partial charge in [-0.25, -0.2) is 0 Å². The fourth-order valence-corrected chi connectivity index (χ4v) is 0.349. The van der Waals surface area contributed by atoms with E-state index in [9.17, 15) is 4.79 Å². The lowest BCUT2D eigenvalue weighted by atomic mass is 10.1. The summed E-state index contributed by atoms with van der Waals surface area (Å²) in [4.78, 5) is 9.81. The molecule has 3 heteroatoms. The first-order valence-corrected chi connectivity index (χ1v) is 2.34. The molecule has 0 fully saturated rings. The van der Waals surface area contributed by atoms with Crippen molar-refractivity contribution in [2.75, 3.05) is 0 Å². The Kier molecular flexibility index (Phi) is 7.00. The minimum absolute atomic E-state index is 0. The van der Waals surface area contributed by atoms with Crippen LogP contribution in [0.2, 0.25) is 0 Å². The molecule has 0 heterocycles. The van der Waals surface area contributed by atoms with Gasteiger partial charge in [0.15, 0.2) is 17.4 Å². The highest BCUT2D eigenvalue weighted by atomic mass is 27.0. The molecule has 0 bridgehead atoms. The number of rotatable bonds is 2. The van der Waals surface area contributed by atoms with E-state index in [0.717, 1.165) is 0 Å². The second-order valence-electron chi connectivity index (χ2n) is 1.99. The molecule has 0 spiro atoms. The predicted molar refractivity (Wildman–Crippen MR) is 37.0 cm³/mol. The zero-order valence-corrected chi connectivity index (χ0v) is 4.64. The molecular weight excluding hydrogens is 119 g/mol. The topological polar surface area (TPSA) is 37.3 Å². The molecule has 1 N–H and O–H groups in total. The molecule has 0 aliphatic heterocycles. The summed E-state index contributed by atoms with van der Waals surface area (Å²) in [5.74, 6) is -0.438.